The summed E-state index contributed by atoms with van der Waals surface area (Å²) in [6.07, 6.45) is 0. The van der Waals surface area contributed by atoms with E-state index in [2.05, 4.69) is 204 Å². The first kappa shape index (κ1) is 34.8. The van der Waals surface area contributed by atoms with Crippen LogP contribution in [0.1, 0.15) is 0 Å². The Labute approximate surface area is 352 Å². The van der Waals surface area contributed by atoms with E-state index in [4.69, 9.17) is 9.40 Å². The highest BCUT2D eigenvalue weighted by atomic mass is 16.3. The Morgan fingerprint density at radius 2 is 0.934 bits per heavy atom. The van der Waals surface area contributed by atoms with Crippen LogP contribution < -0.4 is 4.90 Å². The van der Waals surface area contributed by atoms with Crippen LogP contribution in [0.25, 0.3) is 93.8 Å². The van der Waals surface area contributed by atoms with Crippen LogP contribution in [-0.4, -0.2) is 9.55 Å². The molecule has 10 aromatic carbocycles. The van der Waals surface area contributed by atoms with Crippen LogP contribution in [0.5, 0.6) is 0 Å². The van der Waals surface area contributed by atoms with Gasteiger partial charge in [0.25, 0.3) is 0 Å². The Morgan fingerprint density at radius 3 is 1.69 bits per heavy atom. The Balaban J connectivity index is 0.993. The zero-order valence-electron chi connectivity index (χ0n) is 33.1. The number of hydrogen-bond acceptors (Lipinski definition) is 3. The number of oxazole rings is 1. The highest BCUT2D eigenvalue weighted by molar-refractivity contribution is 6.11. The minimum Gasteiger partial charge on any atom is -0.435 e. The van der Waals surface area contributed by atoms with Crippen LogP contribution >= 0.6 is 0 Å². The molecule has 12 rings (SSSR count). The zero-order valence-corrected chi connectivity index (χ0v) is 33.1. The van der Waals surface area contributed by atoms with Gasteiger partial charge in [-0.2, -0.15) is 0 Å². The lowest BCUT2D eigenvalue weighted by Gasteiger charge is -2.26. The molecule has 0 aliphatic carbocycles. The molecule has 0 aliphatic rings. The highest BCUT2D eigenvalue weighted by Crippen LogP contribution is 2.42. The smallest absolute Gasteiger partial charge is 0.227 e. The predicted molar refractivity (Wildman–Crippen MR) is 254 cm³/mol. The summed E-state index contributed by atoms with van der Waals surface area (Å²) >= 11 is 0. The van der Waals surface area contributed by atoms with Crippen molar-refractivity contribution >= 4 is 71.5 Å². The van der Waals surface area contributed by atoms with Crippen molar-refractivity contribution in [1.82, 2.24) is 9.55 Å². The summed E-state index contributed by atoms with van der Waals surface area (Å²) in [5.41, 5.74) is 14.0. The van der Waals surface area contributed by atoms with Crippen molar-refractivity contribution < 1.29 is 4.42 Å². The van der Waals surface area contributed by atoms with Crippen LogP contribution in [0, 0.1) is 0 Å². The molecule has 286 valence electrons. The van der Waals surface area contributed by atoms with Gasteiger partial charge in [-0.3, -0.25) is 0 Å². The summed E-state index contributed by atoms with van der Waals surface area (Å²) in [4.78, 5) is 7.21. The van der Waals surface area contributed by atoms with Gasteiger partial charge in [0.05, 0.1) is 11.0 Å². The lowest BCUT2D eigenvalue weighted by Crippen LogP contribution is -2.10. The van der Waals surface area contributed by atoms with Crippen LogP contribution in [0.4, 0.5) is 17.1 Å². The second-order valence-corrected chi connectivity index (χ2v) is 15.5. The molecule has 4 nitrogen and oxygen atoms in total. The van der Waals surface area contributed by atoms with Crippen molar-refractivity contribution in [3.8, 4) is 39.4 Å². The van der Waals surface area contributed by atoms with Gasteiger partial charge in [-0.05, 0) is 111 Å². The highest BCUT2D eigenvalue weighted by Gasteiger charge is 2.19. The Morgan fingerprint density at radius 1 is 0.377 bits per heavy atom. The summed E-state index contributed by atoms with van der Waals surface area (Å²) in [6, 6.07) is 80.1. The first-order valence-corrected chi connectivity index (χ1v) is 20.7. The van der Waals surface area contributed by atoms with Crippen LogP contribution in [0.2, 0.25) is 0 Å². The van der Waals surface area contributed by atoms with Crippen LogP contribution in [-0.2, 0) is 0 Å². The molecule has 0 fully saturated rings. The molecule has 0 atom stereocenters. The van der Waals surface area contributed by atoms with Crippen molar-refractivity contribution in [2.75, 3.05) is 4.90 Å². The van der Waals surface area contributed by atoms with Crippen molar-refractivity contribution in [1.29, 1.82) is 0 Å². The summed E-state index contributed by atoms with van der Waals surface area (Å²) in [7, 11) is 0. The van der Waals surface area contributed by atoms with Crippen molar-refractivity contribution in [2.45, 2.75) is 0 Å². The number of nitrogens with zero attached hydrogens (tertiary/aromatic N) is 3. The predicted octanol–water partition coefficient (Wildman–Crippen LogP) is 15.7. The molecule has 61 heavy (non-hydrogen) atoms. The van der Waals surface area contributed by atoms with E-state index in [-0.39, 0.29) is 0 Å². The number of para-hydroxylation sites is 2. The molecule has 0 amide bonds. The third-order valence-corrected chi connectivity index (χ3v) is 12.0. The third kappa shape index (κ3) is 5.88. The van der Waals surface area contributed by atoms with Gasteiger partial charge in [-0.15, -0.1) is 0 Å². The fraction of sp³-hybridized carbons (Fsp3) is 0. The lowest BCUT2D eigenvalue weighted by molar-refractivity contribution is 0.623. The van der Waals surface area contributed by atoms with E-state index >= 15 is 0 Å². The summed E-state index contributed by atoms with van der Waals surface area (Å²) in [6.45, 7) is 0. The summed E-state index contributed by atoms with van der Waals surface area (Å²) in [5.74, 6) is 0.630. The first-order valence-electron chi connectivity index (χ1n) is 20.7. The number of hydrogen-bond donors (Lipinski definition) is 0. The molecular weight excluding hydrogens is 743 g/mol. The minimum atomic E-state index is 0.630. The number of anilines is 3. The van der Waals surface area contributed by atoms with Crippen molar-refractivity contribution in [3.63, 3.8) is 0 Å². The SMILES string of the molecule is c1ccc(-c2nc3ccc4c(-c5ccc(N(c6ccc(-c7cccc8ccccc78)cc6)c6ccc7c8ccccc8n(-c8ccccc8)c7c6)cc5)cccc4c3o2)cc1. The first-order chi connectivity index (χ1) is 30.2. The lowest BCUT2D eigenvalue weighted by atomic mass is 9.97. The Kier molecular flexibility index (Phi) is 8.13. The normalized spacial score (nSPS) is 11.6. The maximum atomic E-state index is 6.43. The molecule has 4 heteroatoms. The molecule has 0 N–H and O–H groups in total. The quantitative estimate of drug-likeness (QED) is 0.162. The number of fused-ring (bicyclic) bond motifs is 7. The van der Waals surface area contributed by atoms with Gasteiger partial charge in [0, 0.05) is 44.5 Å². The monoisotopic (exact) mass is 779 g/mol. The maximum Gasteiger partial charge on any atom is 0.227 e. The van der Waals surface area contributed by atoms with E-state index in [9.17, 15) is 0 Å². The fourth-order valence-corrected chi connectivity index (χ4v) is 9.16. The Bertz CT molecular complexity index is 3560. The largest absolute Gasteiger partial charge is 0.435 e. The number of rotatable bonds is 7. The number of benzene rings is 10. The molecular formula is C57H37N3O. The average Bonchev–Trinajstić information content (AvgIpc) is 3.92. The van der Waals surface area contributed by atoms with E-state index in [1.54, 1.807) is 0 Å². The second-order valence-electron chi connectivity index (χ2n) is 15.5. The standard InChI is InChI=1S/C57H37N3O/c1-3-14-41(15-4-1)57-58-53-36-35-49-48(22-12-23-52(49)56(53)61-57)40-27-31-44(32-28-40)59(43-29-25-39(26-30-43)47-21-11-16-38-13-7-8-19-46(38)47)45-33-34-51-50-20-9-10-24-54(50)60(55(51)37-45)42-17-5-2-6-18-42/h1-37H. The molecule has 0 spiro atoms. The fourth-order valence-electron chi connectivity index (χ4n) is 9.16. The van der Waals surface area contributed by atoms with Gasteiger partial charge in [0.2, 0.25) is 5.89 Å². The van der Waals surface area contributed by atoms with E-state index in [1.807, 2.05) is 30.3 Å². The van der Waals surface area contributed by atoms with Crippen molar-refractivity contribution in [3.05, 3.63) is 224 Å². The van der Waals surface area contributed by atoms with Crippen LogP contribution in [0.15, 0.2) is 229 Å². The minimum absolute atomic E-state index is 0.630. The molecule has 0 bridgehead atoms. The van der Waals surface area contributed by atoms with E-state index in [1.165, 1.54) is 38.2 Å². The molecule has 0 radical (unpaired) electrons. The van der Waals surface area contributed by atoms with Gasteiger partial charge >= 0.3 is 0 Å². The van der Waals surface area contributed by atoms with E-state index < -0.39 is 0 Å². The maximum absolute atomic E-state index is 6.43. The van der Waals surface area contributed by atoms with Gasteiger partial charge < -0.3 is 13.9 Å². The summed E-state index contributed by atoms with van der Waals surface area (Å²) < 4.78 is 8.81. The molecule has 0 aliphatic heterocycles. The molecule has 12 aromatic rings. The zero-order chi connectivity index (χ0) is 40.3. The topological polar surface area (TPSA) is 34.2 Å². The molecule has 2 aromatic heterocycles. The average molecular weight is 780 g/mol. The molecule has 0 unspecified atom stereocenters. The van der Waals surface area contributed by atoms with Crippen LogP contribution in [0.3, 0.4) is 0 Å². The molecule has 0 saturated heterocycles. The van der Waals surface area contributed by atoms with Gasteiger partial charge in [-0.1, -0.05) is 152 Å². The van der Waals surface area contributed by atoms with Gasteiger partial charge in [0.15, 0.2) is 5.58 Å². The second kappa shape index (κ2) is 14.3. The molecule has 2 heterocycles. The number of aromatic nitrogens is 2. The van der Waals surface area contributed by atoms with Crippen molar-refractivity contribution in [2.24, 2.45) is 0 Å². The van der Waals surface area contributed by atoms with Gasteiger partial charge in [0.1, 0.15) is 5.52 Å². The Hall–Kier alpha value is -8.21. The third-order valence-electron chi connectivity index (χ3n) is 12.0. The van der Waals surface area contributed by atoms with E-state index in [0.717, 1.165) is 66.8 Å². The van der Waals surface area contributed by atoms with Gasteiger partial charge in [-0.25, -0.2) is 4.98 Å². The molecule has 0 saturated carbocycles. The summed E-state index contributed by atoms with van der Waals surface area (Å²) in [5, 5.41) is 7.11. The van der Waals surface area contributed by atoms with E-state index in [0.29, 0.717) is 5.89 Å².